The van der Waals surface area contributed by atoms with E-state index in [0.29, 0.717) is 15.8 Å². The van der Waals surface area contributed by atoms with E-state index in [2.05, 4.69) is 21.2 Å². The van der Waals surface area contributed by atoms with Gasteiger partial charge in [-0.05, 0) is 46.3 Å². The third-order valence-corrected chi connectivity index (χ3v) is 3.15. The Morgan fingerprint density at radius 1 is 1.32 bits per heavy atom. The molecule has 4 nitrogen and oxygen atoms in total. The number of phenols is 1. The highest BCUT2D eigenvalue weighted by Gasteiger charge is 2.17. The van der Waals surface area contributed by atoms with Crippen LogP contribution in [0.15, 0.2) is 40.9 Å². The molecule has 19 heavy (non-hydrogen) atoms. The molecule has 0 aliphatic rings. The molecule has 98 valence electrons. The van der Waals surface area contributed by atoms with Gasteiger partial charge in [-0.15, -0.1) is 0 Å². The highest BCUT2D eigenvalue weighted by molar-refractivity contribution is 9.10. The van der Waals surface area contributed by atoms with Crippen LogP contribution in [-0.2, 0) is 0 Å². The number of carbonyl (C=O) groups is 1. The summed E-state index contributed by atoms with van der Waals surface area (Å²) in [7, 11) is 0. The van der Waals surface area contributed by atoms with E-state index in [-0.39, 0.29) is 0 Å². The van der Waals surface area contributed by atoms with Gasteiger partial charge in [-0.3, -0.25) is 4.79 Å². The summed E-state index contributed by atoms with van der Waals surface area (Å²) in [6.07, 6.45) is 0. The van der Waals surface area contributed by atoms with Crippen LogP contribution in [0.3, 0.4) is 0 Å². The lowest BCUT2D eigenvalue weighted by Gasteiger charge is -2.10. The predicted octanol–water partition coefficient (Wildman–Crippen LogP) is 3.13. The van der Waals surface area contributed by atoms with E-state index >= 15 is 0 Å². The van der Waals surface area contributed by atoms with Crippen molar-refractivity contribution in [3.05, 3.63) is 52.3 Å². The van der Waals surface area contributed by atoms with Crippen LogP contribution in [0.4, 0.5) is 15.8 Å². The van der Waals surface area contributed by atoms with Gasteiger partial charge in [0.15, 0.2) is 0 Å². The van der Waals surface area contributed by atoms with Crippen molar-refractivity contribution in [2.24, 2.45) is 0 Å². The third-order valence-electron chi connectivity index (χ3n) is 2.46. The minimum absolute atomic E-state index is 0.396. The normalized spacial score (nSPS) is 10.2. The first-order valence-corrected chi connectivity index (χ1v) is 6.12. The van der Waals surface area contributed by atoms with Crippen molar-refractivity contribution in [3.8, 4) is 5.75 Å². The number of rotatable bonds is 2. The number of nitrogens with two attached hydrogens (primary N) is 1. The molecule has 2 aromatic rings. The van der Waals surface area contributed by atoms with Gasteiger partial charge in [0.1, 0.15) is 17.1 Å². The average molecular weight is 325 g/mol. The molecular weight excluding hydrogens is 315 g/mol. The summed E-state index contributed by atoms with van der Waals surface area (Å²) in [5.74, 6) is -1.96. The Morgan fingerprint density at radius 2 is 2.05 bits per heavy atom. The van der Waals surface area contributed by atoms with Crippen LogP contribution in [0, 0.1) is 5.82 Å². The topological polar surface area (TPSA) is 75.3 Å². The fraction of sp³-hybridized carbons (Fsp3) is 0. The molecule has 0 saturated heterocycles. The minimum Gasteiger partial charge on any atom is -0.507 e. The summed E-state index contributed by atoms with van der Waals surface area (Å²) in [5.41, 5.74) is 6.05. The first kappa shape index (κ1) is 13.4. The number of benzene rings is 2. The lowest BCUT2D eigenvalue weighted by Crippen LogP contribution is -2.14. The van der Waals surface area contributed by atoms with Crippen molar-refractivity contribution in [3.63, 3.8) is 0 Å². The largest absolute Gasteiger partial charge is 0.507 e. The number of nitrogen functional groups attached to an aromatic ring is 1. The van der Waals surface area contributed by atoms with Crippen LogP contribution in [0.25, 0.3) is 0 Å². The van der Waals surface area contributed by atoms with Gasteiger partial charge in [-0.1, -0.05) is 6.07 Å². The number of nitrogens with one attached hydrogen (secondary N) is 1. The Bertz CT molecular complexity index is 626. The Hall–Kier alpha value is -2.08. The fourth-order valence-corrected chi connectivity index (χ4v) is 1.91. The molecule has 0 spiro atoms. The summed E-state index contributed by atoms with van der Waals surface area (Å²) in [4.78, 5) is 11.9. The summed E-state index contributed by atoms with van der Waals surface area (Å²) in [6.45, 7) is 0. The first-order valence-electron chi connectivity index (χ1n) is 5.33. The summed E-state index contributed by atoms with van der Waals surface area (Å²) in [6, 6.07) is 8.50. The Balaban J connectivity index is 2.34. The molecule has 0 bridgehead atoms. The monoisotopic (exact) mass is 324 g/mol. The van der Waals surface area contributed by atoms with Crippen molar-refractivity contribution in [2.45, 2.75) is 0 Å². The molecule has 0 aliphatic carbocycles. The maximum absolute atomic E-state index is 13.5. The second-order valence-corrected chi connectivity index (χ2v) is 4.68. The maximum atomic E-state index is 13.5. The first-order chi connectivity index (χ1) is 8.99. The smallest absolute Gasteiger partial charge is 0.262 e. The predicted molar refractivity (Wildman–Crippen MR) is 74.6 cm³/mol. The number of phenolic OH excluding ortho intramolecular Hbond substituents is 1. The molecule has 6 heteroatoms. The number of halogens is 2. The maximum Gasteiger partial charge on any atom is 0.262 e. The fourth-order valence-electron chi connectivity index (χ4n) is 1.56. The Kier molecular flexibility index (Phi) is 3.71. The SMILES string of the molecule is Nc1ccc(Br)c(NC(=O)c2c(O)cccc2F)c1. The molecule has 0 aromatic heterocycles. The van der Waals surface area contributed by atoms with E-state index in [1.807, 2.05) is 0 Å². The van der Waals surface area contributed by atoms with Crippen LogP contribution in [0.1, 0.15) is 10.4 Å². The van der Waals surface area contributed by atoms with Crippen LogP contribution in [0.5, 0.6) is 5.75 Å². The van der Waals surface area contributed by atoms with E-state index in [4.69, 9.17) is 5.73 Å². The number of aromatic hydroxyl groups is 1. The zero-order valence-electron chi connectivity index (χ0n) is 9.65. The molecular formula is C13H10BrFN2O2. The Morgan fingerprint density at radius 3 is 2.74 bits per heavy atom. The highest BCUT2D eigenvalue weighted by atomic mass is 79.9. The van der Waals surface area contributed by atoms with Gasteiger partial charge >= 0.3 is 0 Å². The van der Waals surface area contributed by atoms with Crippen molar-refractivity contribution in [1.82, 2.24) is 0 Å². The Labute approximate surface area is 117 Å². The van der Waals surface area contributed by atoms with Gasteiger partial charge in [0.25, 0.3) is 5.91 Å². The van der Waals surface area contributed by atoms with E-state index in [1.165, 1.54) is 18.2 Å². The molecule has 0 fully saturated rings. The van der Waals surface area contributed by atoms with Crippen LogP contribution in [-0.4, -0.2) is 11.0 Å². The minimum atomic E-state index is -0.794. The number of carbonyl (C=O) groups excluding carboxylic acids is 1. The van der Waals surface area contributed by atoms with Gasteiger partial charge in [-0.2, -0.15) is 0 Å². The molecule has 0 aliphatic heterocycles. The van der Waals surface area contributed by atoms with E-state index in [9.17, 15) is 14.3 Å². The zero-order valence-corrected chi connectivity index (χ0v) is 11.2. The second-order valence-electron chi connectivity index (χ2n) is 3.83. The summed E-state index contributed by atoms with van der Waals surface area (Å²) in [5, 5.41) is 12.0. The third kappa shape index (κ3) is 2.85. The quantitative estimate of drug-likeness (QED) is 0.743. The van der Waals surface area contributed by atoms with Crippen LogP contribution >= 0.6 is 15.9 Å². The van der Waals surface area contributed by atoms with Crippen molar-refractivity contribution in [2.75, 3.05) is 11.1 Å². The van der Waals surface area contributed by atoms with Crippen molar-refractivity contribution >= 4 is 33.2 Å². The average Bonchev–Trinajstić information content (AvgIpc) is 2.33. The van der Waals surface area contributed by atoms with Gasteiger partial charge in [0, 0.05) is 10.2 Å². The van der Waals surface area contributed by atoms with Gasteiger partial charge in [0.2, 0.25) is 0 Å². The zero-order chi connectivity index (χ0) is 14.0. The van der Waals surface area contributed by atoms with E-state index in [1.54, 1.807) is 12.1 Å². The molecule has 2 aromatic carbocycles. The highest BCUT2D eigenvalue weighted by Crippen LogP contribution is 2.27. The second kappa shape index (κ2) is 5.27. The lowest BCUT2D eigenvalue weighted by molar-refractivity contribution is 0.102. The molecule has 0 radical (unpaired) electrons. The van der Waals surface area contributed by atoms with Gasteiger partial charge < -0.3 is 16.2 Å². The lowest BCUT2D eigenvalue weighted by atomic mass is 10.1. The van der Waals surface area contributed by atoms with Gasteiger partial charge in [0.05, 0.1) is 5.69 Å². The molecule has 0 heterocycles. The van der Waals surface area contributed by atoms with E-state index < -0.39 is 23.0 Å². The summed E-state index contributed by atoms with van der Waals surface area (Å²) >= 11 is 3.24. The molecule has 0 saturated carbocycles. The molecule has 4 N–H and O–H groups in total. The molecule has 0 atom stereocenters. The van der Waals surface area contributed by atoms with Crippen LogP contribution < -0.4 is 11.1 Å². The van der Waals surface area contributed by atoms with Crippen molar-refractivity contribution in [1.29, 1.82) is 0 Å². The number of amides is 1. The number of hydrogen-bond acceptors (Lipinski definition) is 3. The van der Waals surface area contributed by atoms with Crippen LogP contribution in [0.2, 0.25) is 0 Å². The van der Waals surface area contributed by atoms with Crippen molar-refractivity contribution < 1.29 is 14.3 Å². The number of anilines is 2. The van der Waals surface area contributed by atoms with Gasteiger partial charge in [-0.25, -0.2) is 4.39 Å². The summed E-state index contributed by atoms with van der Waals surface area (Å²) < 4.78 is 14.1. The molecule has 0 unspecified atom stereocenters. The molecule has 2 rings (SSSR count). The number of hydrogen-bond donors (Lipinski definition) is 3. The molecule has 1 amide bonds. The standard InChI is InChI=1S/C13H10BrFN2O2/c14-8-5-4-7(16)6-10(8)17-13(19)12-9(15)2-1-3-11(12)18/h1-6,18H,16H2,(H,17,19). The van der Waals surface area contributed by atoms with E-state index in [0.717, 1.165) is 6.07 Å².